The molecule has 4 nitrogen and oxygen atoms in total. The molecule has 0 atom stereocenters. The van der Waals surface area contributed by atoms with Gasteiger partial charge in [0.25, 0.3) is 0 Å². The Morgan fingerprint density at radius 2 is 1.79 bits per heavy atom. The molecule has 0 aliphatic carbocycles. The van der Waals surface area contributed by atoms with Gasteiger partial charge in [-0.25, -0.2) is 13.6 Å². The summed E-state index contributed by atoms with van der Waals surface area (Å²) in [6, 6.07) is 15.4. The molecule has 0 amide bonds. The standard InChI is InChI=1S/C22H12F2O4/c23-14-5-3-4-13(10-14)11-20-21(25)17-9-8-15(12-19(17)28-20)27-22(26)16-6-1-2-7-18(16)24/h1-12H/b20-11-. The molecule has 0 N–H and O–H groups in total. The second kappa shape index (κ2) is 7.08. The molecule has 1 aliphatic heterocycles. The van der Waals surface area contributed by atoms with Crippen LogP contribution in [0.1, 0.15) is 26.3 Å². The molecule has 0 bridgehead atoms. The van der Waals surface area contributed by atoms with Crippen LogP contribution in [0, 0.1) is 11.6 Å². The number of fused-ring (bicyclic) bond motifs is 1. The first-order valence-electron chi connectivity index (χ1n) is 8.32. The van der Waals surface area contributed by atoms with Crippen LogP contribution in [0.15, 0.2) is 72.5 Å². The number of benzene rings is 3. The first-order chi connectivity index (χ1) is 13.5. The second-order valence-electron chi connectivity index (χ2n) is 6.02. The molecule has 0 saturated heterocycles. The Labute approximate surface area is 158 Å². The summed E-state index contributed by atoms with van der Waals surface area (Å²) in [6.45, 7) is 0. The molecule has 0 unspecified atom stereocenters. The van der Waals surface area contributed by atoms with Crippen LogP contribution in [0.4, 0.5) is 8.78 Å². The molecule has 1 heterocycles. The smallest absolute Gasteiger partial charge is 0.346 e. The largest absolute Gasteiger partial charge is 0.452 e. The molecule has 3 aromatic carbocycles. The minimum absolute atomic E-state index is 0.0261. The third kappa shape index (κ3) is 3.40. The number of carbonyl (C=O) groups is 2. The Hall–Kier alpha value is -3.80. The van der Waals surface area contributed by atoms with E-state index in [1.54, 1.807) is 6.07 Å². The van der Waals surface area contributed by atoms with E-state index >= 15 is 0 Å². The van der Waals surface area contributed by atoms with Gasteiger partial charge in [0.15, 0.2) is 5.76 Å². The van der Waals surface area contributed by atoms with Crippen LogP contribution in [0.2, 0.25) is 0 Å². The van der Waals surface area contributed by atoms with Gasteiger partial charge < -0.3 is 9.47 Å². The number of hydrogen-bond acceptors (Lipinski definition) is 4. The van der Waals surface area contributed by atoms with E-state index in [0.717, 1.165) is 6.07 Å². The molecular formula is C22H12F2O4. The van der Waals surface area contributed by atoms with Crippen molar-refractivity contribution in [3.63, 3.8) is 0 Å². The van der Waals surface area contributed by atoms with E-state index in [4.69, 9.17) is 9.47 Å². The fourth-order valence-electron chi connectivity index (χ4n) is 2.77. The Kier molecular flexibility index (Phi) is 4.45. The topological polar surface area (TPSA) is 52.6 Å². The lowest BCUT2D eigenvalue weighted by molar-refractivity contribution is 0.0729. The maximum atomic E-state index is 13.7. The summed E-state index contributed by atoms with van der Waals surface area (Å²) in [5.41, 5.74) is 0.558. The zero-order valence-corrected chi connectivity index (χ0v) is 14.3. The minimum atomic E-state index is -0.863. The van der Waals surface area contributed by atoms with Crippen LogP contribution in [-0.4, -0.2) is 11.8 Å². The Balaban J connectivity index is 1.57. The molecule has 0 saturated carbocycles. The fourth-order valence-corrected chi connectivity index (χ4v) is 2.77. The van der Waals surface area contributed by atoms with Crippen LogP contribution in [-0.2, 0) is 0 Å². The van der Waals surface area contributed by atoms with Gasteiger partial charge >= 0.3 is 5.97 Å². The number of carbonyl (C=O) groups excluding carboxylic acids is 2. The zero-order valence-electron chi connectivity index (χ0n) is 14.3. The van der Waals surface area contributed by atoms with Gasteiger partial charge in [0.2, 0.25) is 5.78 Å². The molecule has 0 radical (unpaired) electrons. The lowest BCUT2D eigenvalue weighted by atomic mass is 10.1. The first kappa shape index (κ1) is 17.6. The molecule has 0 fully saturated rings. The highest BCUT2D eigenvalue weighted by molar-refractivity contribution is 6.14. The van der Waals surface area contributed by atoms with Crippen LogP contribution in [0.5, 0.6) is 11.5 Å². The fraction of sp³-hybridized carbons (Fsp3) is 0. The summed E-state index contributed by atoms with van der Waals surface area (Å²) in [7, 11) is 0. The van der Waals surface area contributed by atoms with E-state index in [2.05, 4.69) is 0 Å². The quantitative estimate of drug-likeness (QED) is 0.373. The van der Waals surface area contributed by atoms with Crippen LogP contribution < -0.4 is 9.47 Å². The summed E-state index contributed by atoms with van der Waals surface area (Å²) in [6.07, 6.45) is 1.43. The van der Waals surface area contributed by atoms with Crippen molar-refractivity contribution in [3.8, 4) is 11.5 Å². The summed E-state index contributed by atoms with van der Waals surface area (Å²) in [4.78, 5) is 24.6. The van der Waals surface area contributed by atoms with E-state index in [9.17, 15) is 18.4 Å². The second-order valence-corrected chi connectivity index (χ2v) is 6.02. The van der Waals surface area contributed by atoms with Gasteiger partial charge in [0.05, 0.1) is 11.1 Å². The van der Waals surface area contributed by atoms with Crippen molar-refractivity contribution in [2.75, 3.05) is 0 Å². The van der Waals surface area contributed by atoms with Crippen LogP contribution in [0.25, 0.3) is 6.08 Å². The van der Waals surface area contributed by atoms with Gasteiger partial charge in [0.1, 0.15) is 23.1 Å². The van der Waals surface area contributed by atoms with E-state index in [1.165, 1.54) is 60.7 Å². The highest BCUT2D eigenvalue weighted by Crippen LogP contribution is 2.35. The lowest BCUT2D eigenvalue weighted by Gasteiger charge is -2.06. The van der Waals surface area contributed by atoms with Crippen molar-refractivity contribution < 1.29 is 27.8 Å². The molecular weight excluding hydrogens is 366 g/mol. The van der Waals surface area contributed by atoms with Crippen molar-refractivity contribution in [2.45, 2.75) is 0 Å². The number of halogens is 2. The van der Waals surface area contributed by atoms with E-state index in [1.807, 2.05) is 0 Å². The number of allylic oxidation sites excluding steroid dienone is 1. The monoisotopic (exact) mass is 378 g/mol. The maximum Gasteiger partial charge on any atom is 0.346 e. The van der Waals surface area contributed by atoms with Crippen LogP contribution >= 0.6 is 0 Å². The zero-order chi connectivity index (χ0) is 19.7. The van der Waals surface area contributed by atoms with Gasteiger partial charge in [-0.05, 0) is 48.0 Å². The SMILES string of the molecule is O=C(Oc1ccc2c(c1)O/C(=C\c1cccc(F)c1)C2=O)c1ccccc1F. The first-order valence-corrected chi connectivity index (χ1v) is 8.32. The number of esters is 1. The molecule has 28 heavy (non-hydrogen) atoms. The van der Waals surface area contributed by atoms with Gasteiger partial charge in [-0.2, -0.15) is 0 Å². The van der Waals surface area contributed by atoms with Gasteiger partial charge in [-0.1, -0.05) is 24.3 Å². The maximum absolute atomic E-state index is 13.7. The van der Waals surface area contributed by atoms with Crippen LogP contribution in [0.3, 0.4) is 0 Å². The molecule has 138 valence electrons. The summed E-state index contributed by atoms with van der Waals surface area (Å²) in [5.74, 6) is -2.03. The summed E-state index contributed by atoms with van der Waals surface area (Å²) < 4.78 is 37.7. The molecule has 0 aromatic heterocycles. The highest BCUT2D eigenvalue weighted by Gasteiger charge is 2.28. The number of ketones is 1. The van der Waals surface area contributed by atoms with Crippen molar-refractivity contribution >= 4 is 17.8 Å². The molecule has 4 rings (SSSR count). The number of Topliss-reactive ketones (excluding diaryl/α,β-unsaturated/α-hetero) is 1. The van der Waals surface area contributed by atoms with Crippen molar-refractivity contribution in [1.29, 1.82) is 0 Å². The van der Waals surface area contributed by atoms with Gasteiger partial charge in [-0.15, -0.1) is 0 Å². The molecule has 0 spiro atoms. The normalized spacial score (nSPS) is 13.9. The van der Waals surface area contributed by atoms with Gasteiger partial charge in [-0.3, -0.25) is 4.79 Å². The average molecular weight is 378 g/mol. The summed E-state index contributed by atoms with van der Waals surface area (Å²) >= 11 is 0. The van der Waals surface area contributed by atoms with E-state index < -0.39 is 17.6 Å². The number of rotatable bonds is 3. The third-order valence-electron chi connectivity index (χ3n) is 4.09. The predicted octanol–water partition coefficient (Wildman–Crippen LogP) is 4.80. The predicted molar refractivity (Wildman–Crippen MR) is 97.1 cm³/mol. The van der Waals surface area contributed by atoms with E-state index in [-0.39, 0.29) is 34.2 Å². The number of hydrogen-bond donors (Lipinski definition) is 0. The molecule has 3 aromatic rings. The molecule has 6 heteroatoms. The van der Waals surface area contributed by atoms with Crippen molar-refractivity contribution in [3.05, 3.63) is 101 Å². The third-order valence-corrected chi connectivity index (χ3v) is 4.09. The Morgan fingerprint density at radius 3 is 2.57 bits per heavy atom. The van der Waals surface area contributed by atoms with E-state index in [0.29, 0.717) is 5.56 Å². The van der Waals surface area contributed by atoms with Crippen molar-refractivity contribution in [2.24, 2.45) is 0 Å². The summed E-state index contributed by atoms with van der Waals surface area (Å²) in [5, 5.41) is 0. The Bertz CT molecular complexity index is 1130. The highest BCUT2D eigenvalue weighted by atomic mass is 19.1. The number of ether oxygens (including phenoxy) is 2. The molecule has 1 aliphatic rings. The lowest BCUT2D eigenvalue weighted by Crippen LogP contribution is -2.10. The minimum Gasteiger partial charge on any atom is -0.452 e. The average Bonchev–Trinajstić information content (AvgIpc) is 2.97. The van der Waals surface area contributed by atoms with Crippen molar-refractivity contribution in [1.82, 2.24) is 0 Å². The van der Waals surface area contributed by atoms with Gasteiger partial charge in [0, 0.05) is 6.07 Å². The Morgan fingerprint density at radius 1 is 0.964 bits per heavy atom.